The predicted octanol–water partition coefficient (Wildman–Crippen LogP) is 4.77. The molecular formula is C21H27N3O3S. The summed E-state index contributed by atoms with van der Waals surface area (Å²) in [6.45, 7) is 1.98. The SMILES string of the molecule is COc1cc(C)ccc1NC(=O)CC1(CC(=O)Nc2nccs2)CCCCC1. The van der Waals surface area contributed by atoms with E-state index < -0.39 is 0 Å². The van der Waals surface area contributed by atoms with Gasteiger partial charge in [-0.2, -0.15) is 0 Å². The van der Waals surface area contributed by atoms with Crippen molar-refractivity contribution < 1.29 is 14.3 Å². The Bertz CT molecular complexity index is 814. The standard InChI is InChI=1S/C21H27N3O3S/c1-15-6-7-16(17(12-15)27-2)23-18(25)13-21(8-4-3-5-9-21)14-19(26)24-20-22-10-11-28-20/h6-7,10-12H,3-5,8-9,13-14H2,1-2H3,(H,23,25)(H,22,24,26). The van der Waals surface area contributed by atoms with Crippen LogP contribution in [0.5, 0.6) is 5.75 Å². The number of carbonyl (C=O) groups excluding carboxylic acids is 2. The van der Waals surface area contributed by atoms with Crippen LogP contribution in [0.1, 0.15) is 50.5 Å². The highest BCUT2D eigenvalue weighted by Crippen LogP contribution is 2.43. The van der Waals surface area contributed by atoms with Gasteiger partial charge in [0.25, 0.3) is 0 Å². The Morgan fingerprint density at radius 1 is 1.14 bits per heavy atom. The van der Waals surface area contributed by atoms with Crippen molar-refractivity contribution in [3.05, 3.63) is 35.3 Å². The van der Waals surface area contributed by atoms with Crippen LogP contribution in [0, 0.1) is 12.3 Å². The van der Waals surface area contributed by atoms with Crippen molar-refractivity contribution in [2.45, 2.75) is 51.9 Å². The highest BCUT2D eigenvalue weighted by atomic mass is 32.1. The van der Waals surface area contributed by atoms with Gasteiger partial charge in [0.1, 0.15) is 5.75 Å². The molecule has 150 valence electrons. The summed E-state index contributed by atoms with van der Waals surface area (Å²) in [5, 5.41) is 8.26. The van der Waals surface area contributed by atoms with Crippen LogP contribution in [-0.4, -0.2) is 23.9 Å². The average molecular weight is 402 g/mol. The molecule has 1 aliphatic rings. The molecule has 7 heteroatoms. The van der Waals surface area contributed by atoms with Crippen LogP contribution < -0.4 is 15.4 Å². The minimum Gasteiger partial charge on any atom is -0.495 e. The lowest BCUT2D eigenvalue weighted by molar-refractivity contribution is -0.122. The molecule has 1 aliphatic carbocycles. The number of thiazole rings is 1. The summed E-state index contributed by atoms with van der Waals surface area (Å²) in [5.41, 5.74) is 1.43. The maximum absolute atomic E-state index is 12.8. The van der Waals surface area contributed by atoms with Gasteiger partial charge in [-0.1, -0.05) is 25.3 Å². The second-order valence-corrected chi connectivity index (χ2v) is 8.45. The Balaban J connectivity index is 1.67. The van der Waals surface area contributed by atoms with E-state index in [1.807, 2.05) is 30.5 Å². The lowest BCUT2D eigenvalue weighted by atomic mass is 9.69. The van der Waals surface area contributed by atoms with Crippen LogP contribution in [0.15, 0.2) is 29.8 Å². The third kappa shape index (κ3) is 5.32. The lowest BCUT2D eigenvalue weighted by Gasteiger charge is -2.36. The van der Waals surface area contributed by atoms with Crippen LogP contribution >= 0.6 is 11.3 Å². The highest BCUT2D eigenvalue weighted by molar-refractivity contribution is 7.13. The summed E-state index contributed by atoms with van der Waals surface area (Å²) in [6.07, 6.45) is 7.35. The number of nitrogens with one attached hydrogen (secondary N) is 2. The number of anilines is 2. The van der Waals surface area contributed by atoms with E-state index in [-0.39, 0.29) is 17.2 Å². The molecule has 0 radical (unpaired) electrons. The molecule has 0 bridgehead atoms. The van der Waals surface area contributed by atoms with Gasteiger partial charge in [0.05, 0.1) is 12.8 Å². The summed E-state index contributed by atoms with van der Waals surface area (Å²) in [4.78, 5) is 29.5. The lowest BCUT2D eigenvalue weighted by Crippen LogP contribution is -2.34. The molecular weight excluding hydrogens is 374 g/mol. The molecule has 1 saturated carbocycles. The number of aryl methyl sites for hydroxylation is 1. The summed E-state index contributed by atoms with van der Waals surface area (Å²) >= 11 is 1.40. The Hall–Kier alpha value is -2.41. The van der Waals surface area contributed by atoms with E-state index in [2.05, 4.69) is 15.6 Å². The first-order chi connectivity index (χ1) is 13.5. The zero-order valence-corrected chi connectivity index (χ0v) is 17.2. The van der Waals surface area contributed by atoms with E-state index in [1.165, 1.54) is 11.3 Å². The molecule has 0 atom stereocenters. The average Bonchev–Trinajstić information content (AvgIpc) is 3.16. The van der Waals surface area contributed by atoms with E-state index >= 15 is 0 Å². The Morgan fingerprint density at radius 2 is 1.86 bits per heavy atom. The Kier molecular flexibility index (Phi) is 6.67. The third-order valence-electron chi connectivity index (χ3n) is 5.30. The van der Waals surface area contributed by atoms with Gasteiger partial charge >= 0.3 is 0 Å². The topological polar surface area (TPSA) is 80.3 Å². The second kappa shape index (κ2) is 9.19. The fourth-order valence-electron chi connectivity index (χ4n) is 3.94. The first-order valence-electron chi connectivity index (χ1n) is 9.63. The van der Waals surface area contributed by atoms with Gasteiger partial charge in [0.15, 0.2) is 5.13 Å². The molecule has 2 N–H and O–H groups in total. The number of ether oxygens (including phenoxy) is 1. The van der Waals surface area contributed by atoms with Gasteiger partial charge in [-0.3, -0.25) is 9.59 Å². The number of nitrogens with zero attached hydrogens (tertiary/aromatic N) is 1. The number of methoxy groups -OCH3 is 1. The van der Waals surface area contributed by atoms with Crippen LogP contribution in [0.2, 0.25) is 0 Å². The molecule has 1 aromatic carbocycles. The number of amides is 2. The molecule has 1 fully saturated rings. The van der Waals surface area contributed by atoms with Gasteiger partial charge in [-0.25, -0.2) is 4.98 Å². The summed E-state index contributed by atoms with van der Waals surface area (Å²) in [5.74, 6) is 0.497. The molecule has 1 aromatic heterocycles. The molecule has 2 aromatic rings. The monoisotopic (exact) mass is 401 g/mol. The number of aromatic nitrogens is 1. The van der Waals surface area contributed by atoms with Gasteiger partial charge in [-0.05, 0) is 42.9 Å². The zero-order chi connectivity index (χ0) is 20.0. The number of carbonyl (C=O) groups is 2. The van der Waals surface area contributed by atoms with E-state index in [1.54, 1.807) is 13.3 Å². The van der Waals surface area contributed by atoms with Crippen molar-refractivity contribution >= 4 is 34.0 Å². The molecule has 3 rings (SSSR count). The normalized spacial score (nSPS) is 15.6. The van der Waals surface area contributed by atoms with Crippen LogP contribution in [0.4, 0.5) is 10.8 Å². The molecule has 2 amide bonds. The molecule has 6 nitrogen and oxygen atoms in total. The summed E-state index contributed by atoms with van der Waals surface area (Å²) < 4.78 is 5.38. The van der Waals surface area contributed by atoms with Crippen molar-refractivity contribution in [3.63, 3.8) is 0 Å². The first kappa shape index (κ1) is 20.3. The van der Waals surface area contributed by atoms with Crippen molar-refractivity contribution in [2.75, 3.05) is 17.7 Å². The number of hydrogen-bond donors (Lipinski definition) is 2. The van der Waals surface area contributed by atoms with Crippen molar-refractivity contribution in [1.29, 1.82) is 0 Å². The van der Waals surface area contributed by atoms with E-state index in [4.69, 9.17) is 4.74 Å². The van der Waals surface area contributed by atoms with Gasteiger partial charge in [0.2, 0.25) is 11.8 Å². The fraction of sp³-hybridized carbons (Fsp3) is 0.476. The van der Waals surface area contributed by atoms with Crippen molar-refractivity contribution in [1.82, 2.24) is 4.98 Å². The van der Waals surface area contributed by atoms with E-state index in [9.17, 15) is 9.59 Å². The molecule has 0 spiro atoms. The Labute approximate surface area is 169 Å². The third-order valence-corrected chi connectivity index (χ3v) is 5.98. The van der Waals surface area contributed by atoms with Gasteiger partial charge in [-0.15, -0.1) is 11.3 Å². The molecule has 28 heavy (non-hydrogen) atoms. The summed E-state index contributed by atoms with van der Waals surface area (Å²) in [7, 11) is 1.59. The molecule has 0 saturated heterocycles. The van der Waals surface area contributed by atoms with Gasteiger partial charge < -0.3 is 15.4 Å². The largest absolute Gasteiger partial charge is 0.495 e. The molecule has 1 heterocycles. The molecule has 0 aliphatic heterocycles. The van der Waals surface area contributed by atoms with Crippen LogP contribution in [-0.2, 0) is 9.59 Å². The predicted molar refractivity (Wildman–Crippen MR) is 112 cm³/mol. The zero-order valence-electron chi connectivity index (χ0n) is 16.4. The fourth-order valence-corrected chi connectivity index (χ4v) is 4.49. The molecule has 0 unspecified atom stereocenters. The van der Waals surface area contributed by atoms with Crippen molar-refractivity contribution in [3.8, 4) is 5.75 Å². The summed E-state index contributed by atoms with van der Waals surface area (Å²) in [6, 6.07) is 5.69. The van der Waals surface area contributed by atoms with Crippen LogP contribution in [0.25, 0.3) is 0 Å². The minimum absolute atomic E-state index is 0.0717. The van der Waals surface area contributed by atoms with E-state index in [0.29, 0.717) is 29.4 Å². The number of rotatable bonds is 7. The second-order valence-electron chi connectivity index (χ2n) is 7.55. The number of hydrogen-bond acceptors (Lipinski definition) is 5. The van der Waals surface area contributed by atoms with E-state index in [0.717, 1.165) is 37.7 Å². The van der Waals surface area contributed by atoms with Crippen molar-refractivity contribution in [2.24, 2.45) is 5.41 Å². The number of benzene rings is 1. The quantitative estimate of drug-likeness (QED) is 0.700. The highest BCUT2D eigenvalue weighted by Gasteiger charge is 2.36. The smallest absolute Gasteiger partial charge is 0.226 e. The van der Waals surface area contributed by atoms with Crippen LogP contribution in [0.3, 0.4) is 0 Å². The minimum atomic E-state index is -0.304. The maximum atomic E-state index is 12.8. The Morgan fingerprint density at radius 3 is 2.50 bits per heavy atom. The first-order valence-corrected chi connectivity index (χ1v) is 10.5. The maximum Gasteiger partial charge on any atom is 0.226 e. The van der Waals surface area contributed by atoms with Gasteiger partial charge in [0, 0.05) is 24.4 Å².